The number of nitrogens with zero attached hydrogens (tertiary/aromatic N) is 2. The highest BCUT2D eigenvalue weighted by Gasteiger charge is 2.19. The fraction of sp³-hybridized carbons (Fsp3) is 1.00. The van der Waals surface area contributed by atoms with Crippen LogP contribution in [0.5, 0.6) is 0 Å². The van der Waals surface area contributed by atoms with Gasteiger partial charge in [0.05, 0.1) is 0 Å². The monoisotopic (exact) mass is 241 g/mol. The predicted molar refractivity (Wildman–Crippen MR) is 75.2 cm³/mol. The molecule has 0 aromatic rings. The lowest BCUT2D eigenvalue weighted by molar-refractivity contribution is 0.160. The largest absolute Gasteiger partial charge is 0.328 e. The number of hydrogen-bond acceptors (Lipinski definition) is 3. The lowest BCUT2D eigenvalue weighted by Crippen LogP contribution is -2.37. The summed E-state index contributed by atoms with van der Waals surface area (Å²) in [5.41, 5.74) is 5.94. The van der Waals surface area contributed by atoms with E-state index < -0.39 is 0 Å². The van der Waals surface area contributed by atoms with Crippen LogP contribution >= 0.6 is 0 Å². The average Bonchev–Trinajstić information content (AvgIpc) is 2.30. The quantitative estimate of drug-likeness (QED) is 0.737. The Morgan fingerprint density at radius 2 is 1.94 bits per heavy atom. The normalized spacial score (nSPS) is 21.0. The van der Waals surface area contributed by atoms with Crippen LogP contribution in [0.1, 0.15) is 39.0 Å². The van der Waals surface area contributed by atoms with Crippen molar-refractivity contribution in [3.05, 3.63) is 0 Å². The molecule has 0 aromatic heterocycles. The van der Waals surface area contributed by atoms with Crippen LogP contribution in [-0.2, 0) is 0 Å². The summed E-state index contributed by atoms with van der Waals surface area (Å²) in [7, 11) is 4.36. The van der Waals surface area contributed by atoms with E-state index in [9.17, 15) is 0 Å². The van der Waals surface area contributed by atoms with Crippen LogP contribution in [0.2, 0.25) is 0 Å². The van der Waals surface area contributed by atoms with Gasteiger partial charge in [0.2, 0.25) is 0 Å². The second-order valence-corrected chi connectivity index (χ2v) is 5.86. The van der Waals surface area contributed by atoms with Gasteiger partial charge in [-0.1, -0.05) is 6.92 Å². The van der Waals surface area contributed by atoms with Gasteiger partial charge in [-0.15, -0.1) is 0 Å². The van der Waals surface area contributed by atoms with Gasteiger partial charge in [0.1, 0.15) is 0 Å². The van der Waals surface area contributed by atoms with Crippen LogP contribution in [0, 0.1) is 5.92 Å². The first kappa shape index (κ1) is 14.9. The highest BCUT2D eigenvalue weighted by molar-refractivity contribution is 4.74. The summed E-state index contributed by atoms with van der Waals surface area (Å²) in [6.07, 6.45) is 6.32. The maximum Gasteiger partial charge on any atom is 0.00366 e. The van der Waals surface area contributed by atoms with Crippen molar-refractivity contribution in [3.63, 3.8) is 0 Å². The number of nitrogens with two attached hydrogens (primary N) is 1. The summed E-state index contributed by atoms with van der Waals surface area (Å²) in [5.74, 6) is 0.916. The number of piperidine rings is 1. The molecule has 0 amide bonds. The molecule has 3 heteroatoms. The van der Waals surface area contributed by atoms with Crippen LogP contribution < -0.4 is 5.73 Å². The van der Waals surface area contributed by atoms with Crippen LogP contribution in [0.3, 0.4) is 0 Å². The van der Waals surface area contributed by atoms with Gasteiger partial charge in [-0.3, -0.25) is 0 Å². The molecular formula is C14H31N3. The van der Waals surface area contributed by atoms with Crippen molar-refractivity contribution in [3.8, 4) is 0 Å². The third-order valence-corrected chi connectivity index (χ3v) is 3.90. The summed E-state index contributed by atoms with van der Waals surface area (Å²) in [6.45, 7) is 7.27. The maximum absolute atomic E-state index is 5.94. The molecule has 1 rings (SSSR count). The van der Waals surface area contributed by atoms with Crippen molar-refractivity contribution in [2.45, 2.75) is 45.1 Å². The Balaban J connectivity index is 2.06. The van der Waals surface area contributed by atoms with Gasteiger partial charge in [0, 0.05) is 12.6 Å². The molecule has 0 bridgehead atoms. The van der Waals surface area contributed by atoms with Gasteiger partial charge < -0.3 is 15.5 Å². The number of rotatable bonds is 7. The van der Waals surface area contributed by atoms with Crippen LogP contribution in [0.15, 0.2) is 0 Å². The minimum atomic E-state index is 0.418. The van der Waals surface area contributed by atoms with E-state index in [-0.39, 0.29) is 0 Å². The van der Waals surface area contributed by atoms with Gasteiger partial charge in [-0.2, -0.15) is 0 Å². The van der Waals surface area contributed by atoms with Gasteiger partial charge in [-0.25, -0.2) is 0 Å². The van der Waals surface area contributed by atoms with Crippen molar-refractivity contribution >= 4 is 0 Å². The van der Waals surface area contributed by atoms with E-state index in [4.69, 9.17) is 5.73 Å². The molecule has 1 fully saturated rings. The molecule has 102 valence electrons. The molecule has 2 N–H and O–H groups in total. The number of hydrogen-bond donors (Lipinski definition) is 1. The van der Waals surface area contributed by atoms with Crippen molar-refractivity contribution in [1.29, 1.82) is 0 Å². The van der Waals surface area contributed by atoms with Crippen LogP contribution in [0.25, 0.3) is 0 Å². The fourth-order valence-electron chi connectivity index (χ4n) is 2.69. The minimum Gasteiger partial charge on any atom is -0.328 e. The van der Waals surface area contributed by atoms with Crippen LogP contribution in [0.4, 0.5) is 0 Å². The molecular weight excluding hydrogens is 210 g/mol. The standard InChI is InChI=1S/C14H31N3/c1-4-14(15)6-5-9-17-10-7-13(8-11-17)12-16(2)3/h13-14H,4-12,15H2,1-3H3. The SMILES string of the molecule is CCC(N)CCCN1CCC(CN(C)C)CC1. The number of likely N-dealkylation sites (tertiary alicyclic amines) is 1. The van der Waals surface area contributed by atoms with Crippen molar-refractivity contribution in [2.75, 3.05) is 40.3 Å². The first-order valence-electron chi connectivity index (χ1n) is 7.24. The molecule has 1 heterocycles. The zero-order valence-electron chi connectivity index (χ0n) is 12.0. The van der Waals surface area contributed by atoms with Crippen molar-refractivity contribution in [2.24, 2.45) is 11.7 Å². The molecule has 1 unspecified atom stereocenters. The predicted octanol–water partition coefficient (Wildman–Crippen LogP) is 1.78. The summed E-state index contributed by atoms with van der Waals surface area (Å²) >= 11 is 0. The summed E-state index contributed by atoms with van der Waals surface area (Å²) < 4.78 is 0. The molecule has 1 aliphatic rings. The fourth-order valence-corrected chi connectivity index (χ4v) is 2.69. The first-order chi connectivity index (χ1) is 8.11. The molecule has 0 aliphatic carbocycles. The highest BCUT2D eigenvalue weighted by atomic mass is 15.1. The van der Waals surface area contributed by atoms with E-state index in [0.29, 0.717) is 6.04 Å². The Hall–Kier alpha value is -0.120. The minimum absolute atomic E-state index is 0.418. The van der Waals surface area contributed by atoms with Gasteiger partial charge >= 0.3 is 0 Å². The third kappa shape index (κ3) is 6.39. The Morgan fingerprint density at radius 3 is 2.47 bits per heavy atom. The zero-order chi connectivity index (χ0) is 12.7. The second-order valence-electron chi connectivity index (χ2n) is 5.86. The van der Waals surface area contributed by atoms with E-state index in [2.05, 4.69) is 30.8 Å². The van der Waals surface area contributed by atoms with Crippen LogP contribution in [-0.4, -0.2) is 56.1 Å². The molecule has 17 heavy (non-hydrogen) atoms. The first-order valence-corrected chi connectivity index (χ1v) is 7.24. The lowest BCUT2D eigenvalue weighted by atomic mass is 9.96. The Morgan fingerprint density at radius 1 is 1.29 bits per heavy atom. The topological polar surface area (TPSA) is 32.5 Å². The molecule has 1 atom stereocenters. The van der Waals surface area contributed by atoms with E-state index in [1.54, 1.807) is 0 Å². The smallest absolute Gasteiger partial charge is 0.00366 e. The van der Waals surface area contributed by atoms with E-state index in [1.807, 2.05) is 0 Å². The maximum atomic E-state index is 5.94. The Kier molecular flexibility index (Phi) is 7.09. The average molecular weight is 241 g/mol. The summed E-state index contributed by atoms with van der Waals surface area (Å²) in [6, 6.07) is 0.418. The Labute approximate surface area is 107 Å². The molecule has 1 saturated heterocycles. The van der Waals surface area contributed by atoms with Crippen molar-refractivity contribution < 1.29 is 0 Å². The Bertz CT molecular complexity index is 186. The second kappa shape index (κ2) is 8.06. The summed E-state index contributed by atoms with van der Waals surface area (Å²) in [5, 5.41) is 0. The van der Waals surface area contributed by atoms with Gasteiger partial charge in [-0.05, 0) is 71.8 Å². The molecule has 0 saturated carbocycles. The lowest BCUT2D eigenvalue weighted by Gasteiger charge is -2.33. The molecule has 0 aromatic carbocycles. The van der Waals surface area contributed by atoms with E-state index >= 15 is 0 Å². The third-order valence-electron chi connectivity index (χ3n) is 3.90. The zero-order valence-corrected chi connectivity index (χ0v) is 12.0. The van der Waals surface area contributed by atoms with E-state index in [1.165, 1.54) is 51.9 Å². The van der Waals surface area contributed by atoms with Gasteiger partial charge in [0.25, 0.3) is 0 Å². The van der Waals surface area contributed by atoms with Gasteiger partial charge in [0.15, 0.2) is 0 Å². The van der Waals surface area contributed by atoms with Crippen molar-refractivity contribution in [1.82, 2.24) is 9.80 Å². The highest BCUT2D eigenvalue weighted by Crippen LogP contribution is 2.18. The molecule has 0 spiro atoms. The summed E-state index contributed by atoms with van der Waals surface area (Å²) in [4.78, 5) is 4.94. The molecule has 1 aliphatic heterocycles. The molecule has 3 nitrogen and oxygen atoms in total. The van der Waals surface area contributed by atoms with E-state index in [0.717, 1.165) is 12.3 Å². The molecule has 0 radical (unpaired) electrons.